The first-order chi connectivity index (χ1) is 11.7. The van der Waals surface area contributed by atoms with Gasteiger partial charge >= 0.3 is 0 Å². The molecule has 6 heteroatoms. The second-order valence-corrected chi connectivity index (χ2v) is 6.55. The Morgan fingerprint density at radius 3 is 2.75 bits per heavy atom. The van der Waals surface area contributed by atoms with Gasteiger partial charge in [0.2, 0.25) is 5.91 Å². The van der Waals surface area contributed by atoms with Crippen LogP contribution in [0.2, 0.25) is 0 Å². The second-order valence-electron chi connectivity index (χ2n) is 6.55. The van der Waals surface area contributed by atoms with Crippen molar-refractivity contribution in [1.82, 2.24) is 15.5 Å². The van der Waals surface area contributed by atoms with Gasteiger partial charge in [0.05, 0.1) is 0 Å². The minimum Gasteiger partial charge on any atom is -0.352 e. The average molecular weight is 330 g/mol. The molecule has 1 aliphatic carbocycles. The maximum atomic E-state index is 12.2. The van der Waals surface area contributed by atoms with Gasteiger partial charge in [0.25, 0.3) is 5.91 Å². The van der Waals surface area contributed by atoms with Gasteiger partial charge in [-0.3, -0.25) is 9.59 Å². The Labute approximate surface area is 143 Å². The predicted molar refractivity (Wildman–Crippen MR) is 94.1 cm³/mol. The minimum atomic E-state index is -0.0853. The topological polar surface area (TPSA) is 73.5 Å². The Morgan fingerprint density at radius 1 is 1.21 bits per heavy atom. The molecule has 1 aromatic carbocycles. The number of benzene rings is 1. The van der Waals surface area contributed by atoms with E-state index in [4.69, 9.17) is 0 Å². The Morgan fingerprint density at radius 2 is 2.00 bits per heavy atom. The molecule has 1 saturated heterocycles. The molecule has 1 heterocycles. The van der Waals surface area contributed by atoms with E-state index in [0.29, 0.717) is 17.8 Å². The normalized spacial score (nSPS) is 18.2. The summed E-state index contributed by atoms with van der Waals surface area (Å²) in [6.45, 7) is 5.94. The van der Waals surface area contributed by atoms with Gasteiger partial charge < -0.3 is 20.9 Å². The highest BCUT2D eigenvalue weighted by Crippen LogP contribution is 2.30. The van der Waals surface area contributed by atoms with Gasteiger partial charge in [-0.05, 0) is 44.0 Å². The number of anilines is 1. The van der Waals surface area contributed by atoms with E-state index in [1.54, 1.807) is 18.2 Å². The molecule has 0 spiro atoms. The molecule has 1 saturated carbocycles. The van der Waals surface area contributed by atoms with Crippen molar-refractivity contribution in [2.24, 2.45) is 5.92 Å². The van der Waals surface area contributed by atoms with Crippen LogP contribution in [0, 0.1) is 5.92 Å². The standard InChI is InChI=1S/C18H26N4O2/c23-17(20-7-2-10-22-11-8-19-9-12-22)15-3-1-4-16(13-15)21-18(24)14-5-6-14/h1,3-4,13-14,19H,2,5-12H2,(H,20,23)(H,21,24). The molecule has 0 atom stereocenters. The van der Waals surface area contributed by atoms with Crippen molar-refractivity contribution in [2.45, 2.75) is 19.3 Å². The number of hydrogen-bond donors (Lipinski definition) is 3. The van der Waals surface area contributed by atoms with Crippen molar-refractivity contribution in [1.29, 1.82) is 0 Å². The van der Waals surface area contributed by atoms with Gasteiger partial charge in [-0.25, -0.2) is 0 Å². The summed E-state index contributed by atoms with van der Waals surface area (Å²) in [5.41, 5.74) is 1.28. The fourth-order valence-electron chi connectivity index (χ4n) is 2.87. The molecule has 130 valence electrons. The van der Waals surface area contributed by atoms with Crippen LogP contribution in [-0.4, -0.2) is 56.0 Å². The van der Waals surface area contributed by atoms with Gasteiger partial charge in [0.15, 0.2) is 0 Å². The first-order valence-electron chi connectivity index (χ1n) is 8.84. The van der Waals surface area contributed by atoms with Gasteiger partial charge in [-0.2, -0.15) is 0 Å². The maximum absolute atomic E-state index is 12.2. The van der Waals surface area contributed by atoms with Crippen molar-refractivity contribution >= 4 is 17.5 Å². The molecule has 1 aliphatic heterocycles. The number of nitrogens with zero attached hydrogens (tertiary/aromatic N) is 1. The fraction of sp³-hybridized carbons (Fsp3) is 0.556. The highest BCUT2D eigenvalue weighted by molar-refractivity contribution is 5.98. The second kappa shape index (κ2) is 8.26. The molecular weight excluding hydrogens is 304 g/mol. The van der Waals surface area contributed by atoms with Crippen molar-refractivity contribution in [3.8, 4) is 0 Å². The van der Waals surface area contributed by atoms with E-state index in [1.165, 1.54) is 0 Å². The Kier molecular flexibility index (Phi) is 5.82. The molecule has 2 amide bonds. The molecule has 1 aromatic rings. The molecule has 0 unspecified atom stereocenters. The van der Waals surface area contributed by atoms with E-state index < -0.39 is 0 Å². The zero-order valence-electron chi connectivity index (χ0n) is 14.0. The SMILES string of the molecule is O=C(NCCCN1CCNCC1)c1cccc(NC(=O)C2CC2)c1. The summed E-state index contributed by atoms with van der Waals surface area (Å²) >= 11 is 0. The lowest BCUT2D eigenvalue weighted by Gasteiger charge is -2.27. The molecule has 24 heavy (non-hydrogen) atoms. The average Bonchev–Trinajstić information content (AvgIpc) is 3.45. The number of amides is 2. The van der Waals surface area contributed by atoms with E-state index in [0.717, 1.165) is 52.0 Å². The van der Waals surface area contributed by atoms with E-state index in [1.807, 2.05) is 6.07 Å². The number of piperazine rings is 1. The van der Waals surface area contributed by atoms with Crippen LogP contribution in [0.15, 0.2) is 24.3 Å². The number of carbonyl (C=O) groups excluding carboxylic acids is 2. The smallest absolute Gasteiger partial charge is 0.251 e. The minimum absolute atomic E-state index is 0.0589. The number of carbonyl (C=O) groups is 2. The summed E-state index contributed by atoms with van der Waals surface area (Å²) in [5.74, 6) is 0.133. The molecule has 3 N–H and O–H groups in total. The van der Waals surface area contributed by atoms with Crippen LogP contribution in [0.4, 0.5) is 5.69 Å². The molecule has 6 nitrogen and oxygen atoms in total. The molecule has 0 radical (unpaired) electrons. The van der Waals surface area contributed by atoms with Gasteiger partial charge in [-0.1, -0.05) is 6.07 Å². The van der Waals surface area contributed by atoms with Crippen LogP contribution in [0.5, 0.6) is 0 Å². The largest absolute Gasteiger partial charge is 0.352 e. The van der Waals surface area contributed by atoms with Crippen LogP contribution >= 0.6 is 0 Å². The van der Waals surface area contributed by atoms with E-state index in [9.17, 15) is 9.59 Å². The molecule has 2 fully saturated rings. The zero-order valence-corrected chi connectivity index (χ0v) is 14.0. The van der Waals surface area contributed by atoms with E-state index in [-0.39, 0.29) is 17.7 Å². The summed E-state index contributed by atoms with van der Waals surface area (Å²) in [7, 11) is 0. The van der Waals surface area contributed by atoms with Crippen LogP contribution < -0.4 is 16.0 Å². The number of rotatable bonds is 7. The molecule has 0 aromatic heterocycles. The fourth-order valence-corrected chi connectivity index (χ4v) is 2.87. The third kappa shape index (κ3) is 5.04. The number of nitrogens with one attached hydrogen (secondary N) is 3. The lowest BCUT2D eigenvalue weighted by atomic mass is 10.2. The van der Waals surface area contributed by atoms with E-state index >= 15 is 0 Å². The van der Waals surface area contributed by atoms with Crippen molar-refractivity contribution < 1.29 is 9.59 Å². The highest BCUT2D eigenvalue weighted by atomic mass is 16.2. The maximum Gasteiger partial charge on any atom is 0.251 e. The van der Waals surface area contributed by atoms with Gasteiger partial charge in [-0.15, -0.1) is 0 Å². The lowest BCUT2D eigenvalue weighted by Crippen LogP contribution is -2.44. The zero-order chi connectivity index (χ0) is 16.8. The highest BCUT2D eigenvalue weighted by Gasteiger charge is 2.29. The third-order valence-corrected chi connectivity index (χ3v) is 4.49. The summed E-state index contributed by atoms with van der Waals surface area (Å²) in [6.07, 6.45) is 2.89. The Balaban J connectivity index is 1.41. The quantitative estimate of drug-likeness (QED) is 0.654. The first kappa shape index (κ1) is 16.9. The van der Waals surface area contributed by atoms with Crippen molar-refractivity contribution in [3.63, 3.8) is 0 Å². The first-order valence-corrected chi connectivity index (χ1v) is 8.84. The molecule has 3 rings (SSSR count). The summed E-state index contributed by atoms with van der Waals surface area (Å²) in [5, 5.41) is 9.17. The van der Waals surface area contributed by atoms with Crippen LogP contribution in [-0.2, 0) is 4.79 Å². The summed E-state index contributed by atoms with van der Waals surface area (Å²) in [4.78, 5) is 26.4. The van der Waals surface area contributed by atoms with Crippen LogP contribution in [0.25, 0.3) is 0 Å². The Hall–Kier alpha value is -1.92. The monoisotopic (exact) mass is 330 g/mol. The summed E-state index contributed by atoms with van der Waals surface area (Å²) < 4.78 is 0. The Bertz CT molecular complexity index is 580. The third-order valence-electron chi connectivity index (χ3n) is 4.49. The van der Waals surface area contributed by atoms with Crippen LogP contribution in [0.3, 0.4) is 0 Å². The van der Waals surface area contributed by atoms with Gasteiger partial charge in [0.1, 0.15) is 0 Å². The summed E-state index contributed by atoms with van der Waals surface area (Å²) in [6, 6.07) is 7.14. The predicted octanol–water partition coefficient (Wildman–Crippen LogP) is 1.06. The van der Waals surface area contributed by atoms with Gasteiger partial charge in [0, 0.05) is 49.9 Å². The number of hydrogen-bond acceptors (Lipinski definition) is 4. The molecule has 2 aliphatic rings. The molecular formula is C18H26N4O2. The molecule has 0 bridgehead atoms. The van der Waals surface area contributed by atoms with E-state index in [2.05, 4.69) is 20.9 Å². The lowest BCUT2D eigenvalue weighted by molar-refractivity contribution is -0.117. The van der Waals surface area contributed by atoms with Crippen LogP contribution in [0.1, 0.15) is 29.6 Å². The van der Waals surface area contributed by atoms with Crippen molar-refractivity contribution in [3.05, 3.63) is 29.8 Å². The van der Waals surface area contributed by atoms with Crippen molar-refractivity contribution in [2.75, 3.05) is 44.6 Å².